The number of amidine groups is 1. The third kappa shape index (κ3) is 4.18. The number of hydrogen-bond donors (Lipinski definition) is 2. The highest BCUT2D eigenvalue weighted by Crippen LogP contribution is 2.20. The number of nitrogen functional groups attached to an aromatic ring is 1. The largest absolute Gasteiger partial charge is 0.496 e. The van der Waals surface area contributed by atoms with Crippen molar-refractivity contribution in [3.63, 3.8) is 0 Å². The van der Waals surface area contributed by atoms with E-state index in [0.717, 1.165) is 12.1 Å². The fraction of sp³-hybridized carbons (Fsp3) is 0.500. The van der Waals surface area contributed by atoms with Crippen LogP contribution in [-0.4, -0.2) is 50.9 Å². The molecule has 1 saturated heterocycles. The predicted octanol–water partition coefficient (Wildman–Crippen LogP) is 0.600. The van der Waals surface area contributed by atoms with E-state index in [4.69, 9.17) is 15.9 Å². The Labute approximate surface area is 125 Å². The Bertz CT molecular complexity index is 628. The summed E-state index contributed by atoms with van der Waals surface area (Å²) in [6.07, 6.45) is 0.665. The summed E-state index contributed by atoms with van der Waals surface area (Å²) in [7, 11) is -1.35. The van der Waals surface area contributed by atoms with E-state index in [1.165, 1.54) is 0 Å². The molecule has 0 amide bonds. The van der Waals surface area contributed by atoms with Crippen LogP contribution in [0.5, 0.6) is 5.75 Å². The molecule has 116 valence electrons. The van der Waals surface area contributed by atoms with Crippen molar-refractivity contribution in [1.82, 2.24) is 4.90 Å². The lowest BCUT2D eigenvalue weighted by Crippen LogP contribution is -2.26. The van der Waals surface area contributed by atoms with Gasteiger partial charge in [-0.05, 0) is 30.7 Å². The number of hydrogen-bond acceptors (Lipinski definition) is 5. The number of nitrogens with zero attached hydrogens (tertiary/aromatic N) is 1. The van der Waals surface area contributed by atoms with Crippen LogP contribution in [-0.2, 0) is 16.4 Å². The summed E-state index contributed by atoms with van der Waals surface area (Å²) in [6.45, 7) is 1.96. The fourth-order valence-electron chi connectivity index (χ4n) is 2.47. The Morgan fingerprint density at radius 1 is 1.38 bits per heavy atom. The molecule has 0 saturated carbocycles. The molecule has 0 radical (unpaired) electrons. The van der Waals surface area contributed by atoms with Gasteiger partial charge in [0.2, 0.25) is 0 Å². The van der Waals surface area contributed by atoms with Crippen LogP contribution in [0.15, 0.2) is 18.2 Å². The summed E-state index contributed by atoms with van der Waals surface area (Å²) in [5.74, 6) is 1.02. The third-order valence-electron chi connectivity index (χ3n) is 3.61. The lowest BCUT2D eigenvalue weighted by atomic mass is 10.1. The highest BCUT2D eigenvalue weighted by atomic mass is 32.2. The summed E-state index contributed by atoms with van der Waals surface area (Å²) in [5, 5.41) is 7.59. The molecule has 21 heavy (non-hydrogen) atoms. The van der Waals surface area contributed by atoms with Gasteiger partial charge in [-0.3, -0.25) is 10.3 Å². The molecule has 0 bridgehead atoms. The summed E-state index contributed by atoms with van der Waals surface area (Å²) < 4.78 is 28.4. The van der Waals surface area contributed by atoms with Crippen LogP contribution in [0.2, 0.25) is 0 Å². The zero-order valence-corrected chi connectivity index (χ0v) is 12.9. The number of benzene rings is 1. The number of ether oxygens (including phenoxy) is 1. The topological polar surface area (TPSA) is 96.5 Å². The fourth-order valence-corrected chi connectivity index (χ4v) is 3.78. The van der Waals surface area contributed by atoms with Crippen molar-refractivity contribution in [3.8, 4) is 5.75 Å². The molecule has 3 N–H and O–H groups in total. The molecule has 0 aliphatic carbocycles. The standard InChI is InChI=1S/C14H21N3O3S/c1-20-13-4-3-11(9-12(13)14(15)16)10-17-5-2-7-21(18,19)8-6-17/h3-4,9H,2,5-8,10H2,1H3,(H3,15,16). The second kappa shape index (κ2) is 6.44. The molecular formula is C14H21N3O3S. The zero-order valence-electron chi connectivity index (χ0n) is 12.1. The predicted molar refractivity (Wildman–Crippen MR) is 82.6 cm³/mol. The molecule has 6 nitrogen and oxygen atoms in total. The molecule has 1 aromatic carbocycles. The second-order valence-electron chi connectivity index (χ2n) is 5.23. The van der Waals surface area contributed by atoms with Crippen molar-refractivity contribution in [2.45, 2.75) is 13.0 Å². The van der Waals surface area contributed by atoms with Crippen molar-refractivity contribution < 1.29 is 13.2 Å². The van der Waals surface area contributed by atoms with Gasteiger partial charge in [0.05, 0.1) is 24.2 Å². The van der Waals surface area contributed by atoms with Crippen LogP contribution in [0.4, 0.5) is 0 Å². The Hall–Kier alpha value is -1.60. The number of methoxy groups -OCH3 is 1. The van der Waals surface area contributed by atoms with E-state index in [-0.39, 0.29) is 17.3 Å². The van der Waals surface area contributed by atoms with Gasteiger partial charge in [0.25, 0.3) is 0 Å². The molecule has 1 heterocycles. The molecule has 0 spiro atoms. The van der Waals surface area contributed by atoms with Crippen molar-refractivity contribution >= 4 is 15.7 Å². The van der Waals surface area contributed by atoms with Crippen molar-refractivity contribution in [3.05, 3.63) is 29.3 Å². The van der Waals surface area contributed by atoms with Gasteiger partial charge in [-0.1, -0.05) is 6.07 Å². The highest BCUT2D eigenvalue weighted by Gasteiger charge is 2.19. The highest BCUT2D eigenvalue weighted by molar-refractivity contribution is 7.91. The number of rotatable bonds is 4. The Balaban J connectivity index is 2.12. The third-order valence-corrected chi connectivity index (χ3v) is 5.32. The molecule has 2 rings (SSSR count). The summed E-state index contributed by atoms with van der Waals surface area (Å²) in [5.41, 5.74) is 7.13. The van der Waals surface area contributed by atoms with Gasteiger partial charge in [-0.15, -0.1) is 0 Å². The number of sulfone groups is 1. The maximum absolute atomic E-state index is 11.6. The molecule has 1 aliphatic heterocycles. The van der Waals surface area contributed by atoms with E-state index in [1.54, 1.807) is 13.2 Å². The van der Waals surface area contributed by atoms with Crippen molar-refractivity contribution in [2.75, 3.05) is 31.7 Å². The number of nitrogens with two attached hydrogens (primary N) is 1. The Kier molecular flexibility index (Phi) is 4.84. The van der Waals surface area contributed by atoms with E-state index in [1.807, 2.05) is 12.1 Å². The van der Waals surface area contributed by atoms with E-state index in [0.29, 0.717) is 30.8 Å². The van der Waals surface area contributed by atoms with E-state index in [9.17, 15) is 8.42 Å². The van der Waals surface area contributed by atoms with Gasteiger partial charge in [0, 0.05) is 13.1 Å². The van der Waals surface area contributed by atoms with E-state index < -0.39 is 9.84 Å². The molecule has 0 atom stereocenters. The Morgan fingerprint density at radius 2 is 2.14 bits per heavy atom. The van der Waals surface area contributed by atoms with Gasteiger partial charge in [-0.25, -0.2) is 8.42 Å². The minimum Gasteiger partial charge on any atom is -0.496 e. The maximum Gasteiger partial charge on any atom is 0.151 e. The number of nitrogens with one attached hydrogen (secondary N) is 1. The minimum atomic E-state index is -2.89. The first-order chi connectivity index (χ1) is 9.91. The average molecular weight is 311 g/mol. The monoisotopic (exact) mass is 311 g/mol. The van der Waals surface area contributed by atoms with Gasteiger partial charge in [0.15, 0.2) is 9.84 Å². The lowest BCUT2D eigenvalue weighted by Gasteiger charge is -2.20. The second-order valence-corrected chi connectivity index (χ2v) is 7.53. The normalized spacial score (nSPS) is 18.9. The first kappa shape index (κ1) is 15.8. The zero-order chi connectivity index (χ0) is 15.5. The molecular weight excluding hydrogens is 290 g/mol. The first-order valence-electron chi connectivity index (χ1n) is 6.85. The minimum absolute atomic E-state index is 0.0351. The summed E-state index contributed by atoms with van der Waals surface area (Å²) in [4.78, 5) is 2.12. The quantitative estimate of drug-likeness (QED) is 0.627. The van der Waals surface area contributed by atoms with Crippen molar-refractivity contribution in [1.29, 1.82) is 5.41 Å². The lowest BCUT2D eigenvalue weighted by molar-refractivity contribution is 0.287. The van der Waals surface area contributed by atoms with Gasteiger partial charge in [0.1, 0.15) is 11.6 Å². The molecule has 0 unspecified atom stereocenters. The molecule has 1 aromatic rings. The van der Waals surface area contributed by atoms with Gasteiger partial charge in [-0.2, -0.15) is 0 Å². The van der Waals surface area contributed by atoms with Gasteiger partial charge >= 0.3 is 0 Å². The first-order valence-corrected chi connectivity index (χ1v) is 8.67. The summed E-state index contributed by atoms with van der Waals surface area (Å²) in [6, 6.07) is 5.55. The van der Waals surface area contributed by atoms with Crippen LogP contribution in [0.1, 0.15) is 17.5 Å². The molecule has 7 heteroatoms. The van der Waals surface area contributed by atoms with Crippen LogP contribution < -0.4 is 10.5 Å². The van der Waals surface area contributed by atoms with Crippen LogP contribution in [0.3, 0.4) is 0 Å². The molecule has 1 aliphatic rings. The van der Waals surface area contributed by atoms with E-state index in [2.05, 4.69) is 4.90 Å². The summed E-state index contributed by atoms with van der Waals surface area (Å²) >= 11 is 0. The van der Waals surface area contributed by atoms with E-state index >= 15 is 0 Å². The van der Waals surface area contributed by atoms with Gasteiger partial charge < -0.3 is 10.5 Å². The van der Waals surface area contributed by atoms with Crippen LogP contribution in [0.25, 0.3) is 0 Å². The average Bonchev–Trinajstić information content (AvgIpc) is 2.60. The van der Waals surface area contributed by atoms with Crippen molar-refractivity contribution in [2.24, 2.45) is 5.73 Å². The van der Waals surface area contributed by atoms with Crippen LogP contribution in [0, 0.1) is 5.41 Å². The molecule has 0 aromatic heterocycles. The van der Waals surface area contributed by atoms with Crippen LogP contribution >= 0.6 is 0 Å². The maximum atomic E-state index is 11.6. The Morgan fingerprint density at radius 3 is 2.81 bits per heavy atom. The SMILES string of the molecule is COc1ccc(CN2CCCS(=O)(=O)CC2)cc1C(=N)N. The molecule has 1 fully saturated rings. The smallest absolute Gasteiger partial charge is 0.151 e.